The number of hydrogen-bond acceptors (Lipinski definition) is 2. The molecule has 2 rings (SSSR count). The van der Waals surface area contributed by atoms with Crippen LogP contribution in [-0.2, 0) is 6.42 Å². The molecule has 0 N–H and O–H groups in total. The molecule has 0 bridgehead atoms. The molecule has 0 spiro atoms. The van der Waals surface area contributed by atoms with Gasteiger partial charge in [-0.05, 0) is 24.6 Å². The van der Waals surface area contributed by atoms with E-state index in [0.29, 0.717) is 0 Å². The summed E-state index contributed by atoms with van der Waals surface area (Å²) in [5.74, 6) is 0. The monoisotopic (exact) mass is 273 g/mol. The molecule has 0 saturated heterocycles. The number of alkyl halides is 1. The van der Waals surface area contributed by atoms with Gasteiger partial charge in [-0.15, -0.1) is 0 Å². The third-order valence-corrected chi connectivity index (χ3v) is 2.96. The Morgan fingerprint density at radius 1 is 1.50 bits per heavy atom. The normalized spacial score (nSPS) is 11.1. The van der Waals surface area contributed by atoms with Crippen molar-refractivity contribution < 1.29 is 4.52 Å². The number of fused-ring (bicyclic) bond motifs is 1. The highest BCUT2D eigenvalue weighted by Crippen LogP contribution is 2.26. The van der Waals surface area contributed by atoms with Gasteiger partial charge in [-0.1, -0.05) is 32.7 Å². The van der Waals surface area contributed by atoms with Crippen LogP contribution in [0, 0.1) is 6.92 Å². The molecule has 4 heteroatoms. The van der Waals surface area contributed by atoms with Crippen LogP contribution < -0.4 is 0 Å². The Morgan fingerprint density at radius 2 is 2.29 bits per heavy atom. The van der Waals surface area contributed by atoms with E-state index in [0.717, 1.165) is 39.0 Å². The average molecular weight is 275 g/mol. The highest BCUT2D eigenvalue weighted by atomic mass is 79.9. The van der Waals surface area contributed by atoms with Crippen molar-refractivity contribution in [3.8, 4) is 0 Å². The molecular weight excluding hydrogens is 265 g/mol. The lowest BCUT2D eigenvalue weighted by molar-refractivity contribution is 0.447. The van der Waals surface area contributed by atoms with Gasteiger partial charge >= 0.3 is 0 Å². The van der Waals surface area contributed by atoms with E-state index in [4.69, 9.17) is 16.1 Å². The Labute approximate surface area is 95.3 Å². The van der Waals surface area contributed by atoms with Crippen LogP contribution in [0.4, 0.5) is 0 Å². The first-order valence-corrected chi connectivity index (χ1v) is 5.82. The predicted octanol–water partition coefficient (Wildman–Crippen LogP) is 3.73. The zero-order chi connectivity index (χ0) is 10.1. The summed E-state index contributed by atoms with van der Waals surface area (Å²) >= 11 is 9.41. The number of aryl methyl sites for hydroxylation is 2. The summed E-state index contributed by atoms with van der Waals surface area (Å²) < 4.78 is 5.21. The maximum absolute atomic E-state index is 6.04. The maximum atomic E-state index is 6.04. The van der Waals surface area contributed by atoms with Crippen molar-refractivity contribution in [2.75, 3.05) is 5.33 Å². The number of rotatable bonds is 2. The van der Waals surface area contributed by atoms with Crippen LogP contribution in [0.15, 0.2) is 16.7 Å². The molecule has 74 valence electrons. The van der Waals surface area contributed by atoms with Crippen molar-refractivity contribution in [2.45, 2.75) is 13.3 Å². The lowest BCUT2D eigenvalue weighted by Crippen LogP contribution is -1.85. The second kappa shape index (κ2) is 3.91. The van der Waals surface area contributed by atoms with Crippen LogP contribution in [0.2, 0.25) is 5.02 Å². The standard InChI is InChI=1S/C10H9BrClNO/c1-6-4-10-7(5-8(6)12)9(2-3-11)13-14-10/h4-5H,2-3H2,1H3. The van der Waals surface area contributed by atoms with Crippen LogP contribution >= 0.6 is 27.5 Å². The second-order valence-corrected chi connectivity index (χ2v) is 4.37. The average Bonchev–Trinajstić information content (AvgIpc) is 2.51. The zero-order valence-corrected chi connectivity index (χ0v) is 10.0. The van der Waals surface area contributed by atoms with Crippen LogP contribution in [-0.4, -0.2) is 10.5 Å². The van der Waals surface area contributed by atoms with Gasteiger partial charge < -0.3 is 4.52 Å². The third kappa shape index (κ3) is 1.66. The number of nitrogens with zero attached hydrogens (tertiary/aromatic N) is 1. The fraction of sp³-hybridized carbons (Fsp3) is 0.300. The first-order chi connectivity index (χ1) is 6.72. The Balaban J connectivity index is 2.61. The predicted molar refractivity (Wildman–Crippen MR) is 61.3 cm³/mol. The molecule has 0 aliphatic rings. The molecule has 0 aliphatic heterocycles. The quantitative estimate of drug-likeness (QED) is 0.780. The molecule has 0 unspecified atom stereocenters. The first-order valence-electron chi connectivity index (χ1n) is 4.32. The van der Waals surface area contributed by atoms with E-state index in [1.807, 2.05) is 19.1 Å². The van der Waals surface area contributed by atoms with Crippen molar-refractivity contribution in [1.29, 1.82) is 0 Å². The molecule has 1 aromatic heterocycles. The smallest absolute Gasteiger partial charge is 0.167 e. The van der Waals surface area contributed by atoms with Gasteiger partial charge in [0.05, 0.1) is 5.69 Å². The lowest BCUT2D eigenvalue weighted by atomic mass is 10.1. The van der Waals surface area contributed by atoms with Gasteiger partial charge in [-0.25, -0.2) is 0 Å². The minimum atomic E-state index is 0.761. The minimum Gasteiger partial charge on any atom is -0.356 e. The van der Waals surface area contributed by atoms with Crippen LogP contribution in [0.3, 0.4) is 0 Å². The SMILES string of the molecule is Cc1cc2onc(CCBr)c2cc1Cl. The molecule has 0 fully saturated rings. The van der Waals surface area contributed by atoms with Crippen molar-refractivity contribution in [3.05, 3.63) is 28.4 Å². The van der Waals surface area contributed by atoms with Gasteiger partial charge in [0.25, 0.3) is 0 Å². The summed E-state index contributed by atoms with van der Waals surface area (Å²) in [5, 5.41) is 6.65. The van der Waals surface area contributed by atoms with Crippen molar-refractivity contribution in [1.82, 2.24) is 5.16 Å². The largest absolute Gasteiger partial charge is 0.356 e. The van der Waals surface area contributed by atoms with Crippen molar-refractivity contribution >= 4 is 38.5 Å². The fourth-order valence-electron chi connectivity index (χ4n) is 1.38. The summed E-state index contributed by atoms with van der Waals surface area (Å²) in [6.45, 7) is 1.95. The maximum Gasteiger partial charge on any atom is 0.167 e. The summed E-state index contributed by atoms with van der Waals surface area (Å²) in [6, 6.07) is 3.84. The molecule has 1 aromatic carbocycles. The van der Waals surface area contributed by atoms with E-state index < -0.39 is 0 Å². The summed E-state index contributed by atoms with van der Waals surface area (Å²) in [5.41, 5.74) is 2.78. The van der Waals surface area contributed by atoms with Gasteiger partial charge in [-0.2, -0.15) is 0 Å². The number of hydrogen-bond donors (Lipinski definition) is 0. The van der Waals surface area contributed by atoms with Crippen LogP contribution in [0.25, 0.3) is 11.0 Å². The Morgan fingerprint density at radius 3 is 3.00 bits per heavy atom. The molecule has 0 aliphatic carbocycles. The molecule has 14 heavy (non-hydrogen) atoms. The molecular formula is C10H9BrClNO. The molecule has 0 saturated carbocycles. The first kappa shape index (κ1) is 9.99. The van der Waals surface area contributed by atoms with Crippen LogP contribution in [0.5, 0.6) is 0 Å². The van der Waals surface area contributed by atoms with E-state index in [2.05, 4.69) is 21.1 Å². The zero-order valence-electron chi connectivity index (χ0n) is 7.68. The highest BCUT2D eigenvalue weighted by Gasteiger charge is 2.09. The van der Waals surface area contributed by atoms with Gasteiger partial charge in [-0.3, -0.25) is 0 Å². The second-order valence-electron chi connectivity index (χ2n) is 3.17. The third-order valence-electron chi connectivity index (χ3n) is 2.16. The van der Waals surface area contributed by atoms with Crippen LogP contribution in [0.1, 0.15) is 11.3 Å². The van der Waals surface area contributed by atoms with E-state index >= 15 is 0 Å². The summed E-state index contributed by atoms with van der Waals surface area (Å²) in [7, 11) is 0. The molecule has 2 aromatic rings. The Hall–Kier alpha value is -0.540. The summed E-state index contributed by atoms with van der Waals surface area (Å²) in [4.78, 5) is 0. The minimum absolute atomic E-state index is 0.761. The Bertz CT molecular complexity index is 466. The fourth-order valence-corrected chi connectivity index (χ4v) is 1.92. The topological polar surface area (TPSA) is 26.0 Å². The molecule has 0 atom stereocenters. The number of aromatic nitrogens is 1. The van der Waals surface area contributed by atoms with Gasteiger partial charge in [0.15, 0.2) is 5.58 Å². The molecule has 2 nitrogen and oxygen atoms in total. The van der Waals surface area contributed by atoms with Gasteiger partial charge in [0.2, 0.25) is 0 Å². The highest BCUT2D eigenvalue weighted by molar-refractivity contribution is 9.09. The van der Waals surface area contributed by atoms with Gasteiger partial charge in [0.1, 0.15) is 0 Å². The number of benzene rings is 1. The summed E-state index contributed by atoms with van der Waals surface area (Å²) in [6.07, 6.45) is 0.854. The lowest BCUT2D eigenvalue weighted by Gasteiger charge is -1.96. The molecule has 0 radical (unpaired) electrons. The number of halogens is 2. The molecule has 0 amide bonds. The van der Waals surface area contributed by atoms with Crippen molar-refractivity contribution in [2.24, 2.45) is 0 Å². The van der Waals surface area contributed by atoms with Gasteiger partial charge in [0, 0.05) is 22.2 Å². The molecule has 1 heterocycles. The van der Waals surface area contributed by atoms with E-state index in [-0.39, 0.29) is 0 Å². The van der Waals surface area contributed by atoms with E-state index in [1.165, 1.54) is 0 Å². The van der Waals surface area contributed by atoms with E-state index in [1.54, 1.807) is 0 Å². The van der Waals surface area contributed by atoms with Crippen molar-refractivity contribution in [3.63, 3.8) is 0 Å². The Kier molecular flexibility index (Phi) is 2.79. The van der Waals surface area contributed by atoms with E-state index in [9.17, 15) is 0 Å².